The standard InChI is InChI=1S/C15H24O2/c1-3-5-7-13(4-2)12-17-15-9-6-8-14(10-15)11-16/h6,8-10,13,16H,3-5,7,11-12H2,1-2H3. The fraction of sp³-hybridized carbons (Fsp3) is 0.600. The van der Waals surface area contributed by atoms with Crippen LogP contribution in [-0.2, 0) is 6.61 Å². The molecule has 0 amide bonds. The van der Waals surface area contributed by atoms with E-state index >= 15 is 0 Å². The number of aliphatic hydroxyl groups excluding tert-OH is 1. The molecule has 2 heteroatoms. The average Bonchev–Trinajstić information content (AvgIpc) is 2.39. The van der Waals surface area contributed by atoms with Crippen molar-refractivity contribution in [3.8, 4) is 5.75 Å². The molecule has 1 N–H and O–H groups in total. The highest BCUT2D eigenvalue weighted by molar-refractivity contribution is 5.27. The summed E-state index contributed by atoms with van der Waals surface area (Å²) in [5.41, 5.74) is 0.907. The minimum Gasteiger partial charge on any atom is -0.493 e. The van der Waals surface area contributed by atoms with Crippen LogP contribution in [0.2, 0.25) is 0 Å². The molecule has 0 heterocycles. The Balaban J connectivity index is 2.41. The predicted octanol–water partition coefficient (Wildman–Crippen LogP) is 3.77. The van der Waals surface area contributed by atoms with E-state index in [4.69, 9.17) is 9.84 Å². The van der Waals surface area contributed by atoms with E-state index in [0.717, 1.165) is 17.9 Å². The van der Waals surface area contributed by atoms with E-state index in [0.29, 0.717) is 5.92 Å². The van der Waals surface area contributed by atoms with Crippen LogP contribution >= 0.6 is 0 Å². The second-order valence-electron chi connectivity index (χ2n) is 4.53. The Labute approximate surface area is 105 Å². The summed E-state index contributed by atoms with van der Waals surface area (Å²) in [5, 5.41) is 9.05. The molecule has 1 aromatic carbocycles. The van der Waals surface area contributed by atoms with Gasteiger partial charge in [-0.1, -0.05) is 45.2 Å². The van der Waals surface area contributed by atoms with Gasteiger partial charge in [0.05, 0.1) is 13.2 Å². The first-order chi connectivity index (χ1) is 8.30. The minimum atomic E-state index is 0.0737. The van der Waals surface area contributed by atoms with E-state index in [1.807, 2.05) is 24.3 Å². The quantitative estimate of drug-likeness (QED) is 0.744. The van der Waals surface area contributed by atoms with Gasteiger partial charge in [0.25, 0.3) is 0 Å². The van der Waals surface area contributed by atoms with Crippen molar-refractivity contribution in [1.29, 1.82) is 0 Å². The maximum Gasteiger partial charge on any atom is 0.119 e. The van der Waals surface area contributed by atoms with Gasteiger partial charge in [0, 0.05) is 0 Å². The summed E-state index contributed by atoms with van der Waals surface area (Å²) in [6.45, 7) is 5.29. The highest BCUT2D eigenvalue weighted by Crippen LogP contribution is 2.17. The molecule has 0 spiro atoms. The van der Waals surface area contributed by atoms with Gasteiger partial charge in [-0.2, -0.15) is 0 Å². The molecule has 0 bridgehead atoms. The number of hydrogen-bond donors (Lipinski definition) is 1. The third-order valence-corrected chi connectivity index (χ3v) is 3.11. The Morgan fingerprint density at radius 2 is 2.12 bits per heavy atom. The predicted molar refractivity (Wildman–Crippen MR) is 71.2 cm³/mol. The first kappa shape index (κ1) is 14.0. The molecule has 0 saturated heterocycles. The second kappa shape index (κ2) is 8.13. The number of unbranched alkanes of at least 4 members (excludes halogenated alkanes) is 1. The fourth-order valence-electron chi connectivity index (χ4n) is 1.85. The van der Waals surface area contributed by atoms with Crippen molar-refractivity contribution in [2.45, 2.75) is 46.1 Å². The number of rotatable bonds is 8. The zero-order valence-corrected chi connectivity index (χ0v) is 11.0. The summed E-state index contributed by atoms with van der Waals surface area (Å²) in [7, 11) is 0. The van der Waals surface area contributed by atoms with Crippen molar-refractivity contribution in [1.82, 2.24) is 0 Å². The number of aliphatic hydroxyl groups is 1. The molecule has 0 aromatic heterocycles. The Hall–Kier alpha value is -1.02. The van der Waals surface area contributed by atoms with Crippen LogP contribution in [0.15, 0.2) is 24.3 Å². The summed E-state index contributed by atoms with van der Waals surface area (Å²) in [6, 6.07) is 7.69. The first-order valence-corrected chi connectivity index (χ1v) is 6.62. The molecule has 17 heavy (non-hydrogen) atoms. The Morgan fingerprint density at radius 3 is 2.76 bits per heavy atom. The minimum absolute atomic E-state index is 0.0737. The van der Waals surface area contributed by atoms with Crippen molar-refractivity contribution in [3.63, 3.8) is 0 Å². The van der Waals surface area contributed by atoms with Gasteiger partial charge in [-0.25, -0.2) is 0 Å². The van der Waals surface area contributed by atoms with Crippen LogP contribution in [0, 0.1) is 5.92 Å². The molecule has 0 saturated carbocycles. The molecule has 1 unspecified atom stereocenters. The molecule has 1 aromatic rings. The molecule has 0 fully saturated rings. The summed E-state index contributed by atoms with van der Waals surface area (Å²) in [4.78, 5) is 0. The lowest BCUT2D eigenvalue weighted by Gasteiger charge is -2.15. The van der Waals surface area contributed by atoms with Gasteiger partial charge in [-0.15, -0.1) is 0 Å². The molecule has 0 aliphatic rings. The Bertz CT molecular complexity index is 310. The first-order valence-electron chi connectivity index (χ1n) is 6.62. The van der Waals surface area contributed by atoms with Crippen LogP contribution in [0.5, 0.6) is 5.75 Å². The number of ether oxygens (including phenoxy) is 1. The van der Waals surface area contributed by atoms with Crippen LogP contribution in [0.3, 0.4) is 0 Å². The third-order valence-electron chi connectivity index (χ3n) is 3.11. The topological polar surface area (TPSA) is 29.5 Å². The number of hydrogen-bond acceptors (Lipinski definition) is 2. The largest absolute Gasteiger partial charge is 0.493 e. The van der Waals surface area contributed by atoms with Crippen molar-refractivity contribution < 1.29 is 9.84 Å². The van der Waals surface area contributed by atoms with Crippen molar-refractivity contribution in [2.24, 2.45) is 5.92 Å². The highest BCUT2D eigenvalue weighted by atomic mass is 16.5. The summed E-state index contributed by atoms with van der Waals surface area (Å²) >= 11 is 0. The summed E-state index contributed by atoms with van der Waals surface area (Å²) < 4.78 is 5.79. The Kier molecular flexibility index (Phi) is 6.71. The van der Waals surface area contributed by atoms with Crippen LogP contribution in [0.1, 0.15) is 45.1 Å². The lowest BCUT2D eigenvalue weighted by atomic mass is 10.0. The van der Waals surface area contributed by atoms with E-state index in [9.17, 15) is 0 Å². The van der Waals surface area contributed by atoms with Gasteiger partial charge in [-0.05, 0) is 30.0 Å². The van der Waals surface area contributed by atoms with Crippen LogP contribution < -0.4 is 4.74 Å². The molecular formula is C15H24O2. The molecule has 0 aliphatic heterocycles. The van der Waals surface area contributed by atoms with Gasteiger partial charge < -0.3 is 9.84 Å². The molecule has 1 rings (SSSR count). The zero-order chi connectivity index (χ0) is 12.5. The van der Waals surface area contributed by atoms with Crippen molar-refractivity contribution >= 4 is 0 Å². The molecule has 2 nitrogen and oxygen atoms in total. The van der Waals surface area contributed by atoms with Crippen LogP contribution in [0.25, 0.3) is 0 Å². The Morgan fingerprint density at radius 1 is 1.29 bits per heavy atom. The van der Waals surface area contributed by atoms with Gasteiger partial charge in [0.1, 0.15) is 5.75 Å². The number of benzene rings is 1. The lowest BCUT2D eigenvalue weighted by Crippen LogP contribution is -2.11. The second-order valence-corrected chi connectivity index (χ2v) is 4.53. The maximum absolute atomic E-state index is 9.05. The normalized spacial score (nSPS) is 12.4. The van der Waals surface area contributed by atoms with Crippen LogP contribution in [-0.4, -0.2) is 11.7 Å². The van der Waals surface area contributed by atoms with Gasteiger partial charge in [-0.3, -0.25) is 0 Å². The van der Waals surface area contributed by atoms with Crippen molar-refractivity contribution in [2.75, 3.05) is 6.61 Å². The monoisotopic (exact) mass is 236 g/mol. The third kappa shape index (κ3) is 5.22. The SMILES string of the molecule is CCCCC(CC)COc1cccc(CO)c1. The molecule has 0 radical (unpaired) electrons. The van der Waals surface area contributed by atoms with E-state index in [-0.39, 0.29) is 6.61 Å². The van der Waals surface area contributed by atoms with E-state index in [1.54, 1.807) is 0 Å². The summed E-state index contributed by atoms with van der Waals surface area (Å²) in [5.74, 6) is 1.51. The lowest BCUT2D eigenvalue weighted by molar-refractivity contribution is 0.232. The van der Waals surface area contributed by atoms with E-state index in [2.05, 4.69) is 13.8 Å². The van der Waals surface area contributed by atoms with Crippen molar-refractivity contribution in [3.05, 3.63) is 29.8 Å². The average molecular weight is 236 g/mol. The molecule has 0 aliphatic carbocycles. The summed E-state index contributed by atoms with van der Waals surface area (Å²) in [6.07, 6.45) is 4.93. The zero-order valence-electron chi connectivity index (χ0n) is 11.0. The van der Waals surface area contributed by atoms with Gasteiger partial charge >= 0.3 is 0 Å². The maximum atomic E-state index is 9.05. The van der Waals surface area contributed by atoms with E-state index in [1.165, 1.54) is 25.7 Å². The fourth-order valence-corrected chi connectivity index (χ4v) is 1.85. The van der Waals surface area contributed by atoms with Gasteiger partial charge in [0.15, 0.2) is 0 Å². The molecule has 1 atom stereocenters. The van der Waals surface area contributed by atoms with Crippen LogP contribution in [0.4, 0.5) is 0 Å². The van der Waals surface area contributed by atoms with Gasteiger partial charge in [0.2, 0.25) is 0 Å². The molecular weight excluding hydrogens is 212 g/mol. The van der Waals surface area contributed by atoms with E-state index < -0.39 is 0 Å². The highest BCUT2D eigenvalue weighted by Gasteiger charge is 2.06. The molecule has 96 valence electrons. The smallest absolute Gasteiger partial charge is 0.119 e.